The number of amides is 1. The van der Waals surface area contributed by atoms with Crippen molar-refractivity contribution >= 4 is 37.3 Å². The van der Waals surface area contributed by atoms with Gasteiger partial charge >= 0.3 is 0 Å². The predicted molar refractivity (Wildman–Crippen MR) is 110 cm³/mol. The summed E-state index contributed by atoms with van der Waals surface area (Å²) >= 11 is 1.21. The van der Waals surface area contributed by atoms with Gasteiger partial charge < -0.3 is 9.30 Å². The number of hydrogen-bond donors (Lipinski definition) is 0. The number of benzene rings is 2. The first-order chi connectivity index (χ1) is 13.9. The van der Waals surface area contributed by atoms with Gasteiger partial charge in [-0.2, -0.15) is 4.99 Å². The second-order valence-corrected chi connectivity index (χ2v) is 9.47. The first kappa shape index (κ1) is 21.4. The lowest BCUT2D eigenvalue weighted by molar-refractivity contribution is -0.118. The van der Waals surface area contributed by atoms with Crippen molar-refractivity contribution in [3.8, 4) is 0 Å². The number of halogens is 1. The van der Waals surface area contributed by atoms with Gasteiger partial charge in [0.05, 0.1) is 27.5 Å². The lowest BCUT2D eigenvalue weighted by Crippen LogP contribution is -2.20. The molecule has 1 aromatic heterocycles. The van der Waals surface area contributed by atoms with E-state index >= 15 is 0 Å². The number of carbonyl (C=O) groups excluding carboxylic acids is 1. The summed E-state index contributed by atoms with van der Waals surface area (Å²) in [5.74, 6) is -0.965. The second-order valence-electron chi connectivity index (χ2n) is 6.36. The maximum absolute atomic E-state index is 14.3. The smallest absolute Gasteiger partial charge is 0.248 e. The van der Waals surface area contributed by atoms with Crippen LogP contribution in [0.5, 0.6) is 0 Å². The highest BCUT2D eigenvalue weighted by Crippen LogP contribution is 2.20. The summed E-state index contributed by atoms with van der Waals surface area (Å²) < 4.78 is 46.2. The molecule has 0 unspecified atom stereocenters. The minimum Gasteiger partial charge on any atom is -0.383 e. The number of fused-ring (bicyclic) bond motifs is 1. The van der Waals surface area contributed by atoms with E-state index in [9.17, 15) is 17.6 Å². The van der Waals surface area contributed by atoms with E-state index in [0.717, 1.165) is 0 Å². The molecule has 0 saturated carbocycles. The van der Waals surface area contributed by atoms with E-state index in [4.69, 9.17) is 4.74 Å². The third kappa shape index (κ3) is 5.17. The molecule has 0 saturated heterocycles. The SMILES string of the molecule is COCCn1c(=NC(=O)CCCS(=O)(=O)c2ccccc2)sc2cccc(F)c21. The van der Waals surface area contributed by atoms with Crippen LogP contribution in [0.4, 0.5) is 4.39 Å². The molecule has 0 fully saturated rings. The summed E-state index contributed by atoms with van der Waals surface area (Å²) in [4.78, 5) is 17.0. The van der Waals surface area contributed by atoms with Crippen molar-refractivity contribution in [1.29, 1.82) is 0 Å². The number of para-hydroxylation sites is 1. The van der Waals surface area contributed by atoms with Crippen molar-refractivity contribution < 1.29 is 22.3 Å². The van der Waals surface area contributed by atoms with Gasteiger partial charge in [0, 0.05) is 20.1 Å². The van der Waals surface area contributed by atoms with Gasteiger partial charge in [0.1, 0.15) is 5.82 Å². The number of thiazole rings is 1. The van der Waals surface area contributed by atoms with E-state index in [1.807, 2.05) is 0 Å². The van der Waals surface area contributed by atoms with Crippen LogP contribution < -0.4 is 4.80 Å². The molecular weight excluding hydrogens is 415 g/mol. The van der Waals surface area contributed by atoms with Gasteiger partial charge in [-0.1, -0.05) is 35.6 Å². The molecule has 2 aromatic carbocycles. The molecule has 1 heterocycles. The molecule has 0 atom stereocenters. The standard InChI is InChI=1S/C20H21FN2O4S2/c1-27-13-12-23-19-16(21)9-5-10-17(19)28-20(23)22-18(24)11-6-14-29(25,26)15-7-3-2-4-8-15/h2-5,7-10H,6,11-14H2,1H3. The molecule has 9 heteroatoms. The van der Waals surface area contributed by atoms with E-state index < -0.39 is 21.6 Å². The van der Waals surface area contributed by atoms with Crippen LogP contribution in [0.15, 0.2) is 58.4 Å². The number of rotatable bonds is 8. The highest BCUT2D eigenvalue weighted by Gasteiger charge is 2.15. The first-order valence-electron chi connectivity index (χ1n) is 9.04. The lowest BCUT2D eigenvalue weighted by Gasteiger charge is -2.05. The summed E-state index contributed by atoms with van der Waals surface area (Å²) in [6.45, 7) is 0.697. The summed E-state index contributed by atoms with van der Waals surface area (Å²) in [7, 11) is -1.90. The van der Waals surface area contributed by atoms with Gasteiger partial charge in [0.2, 0.25) is 5.91 Å². The van der Waals surface area contributed by atoms with Crippen molar-refractivity contribution in [3.63, 3.8) is 0 Å². The van der Waals surface area contributed by atoms with E-state index in [-0.39, 0.29) is 23.5 Å². The van der Waals surface area contributed by atoms with Gasteiger partial charge in [-0.05, 0) is 30.7 Å². The molecule has 0 aliphatic rings. The van der Waals surface area contributed by atoms with E-state index in [1.54, 1.807) is 42.0 Å². The number of hydrogen-bond acceptors (Lipinski definition) is 5. The maximum atomic E-state index is 14.3. The molecule has 29 heavy (non-hydrogen) atoms. The molecular formula is C20H21FN2O4S2. The first-order valence-corrected chi connectivity index (χ1v) is 11.5. The number of methoxy groups -OCH3 is 1. The Morgan fingerprint density at radius 1 is 1.17 bits per heavy atom. The average molecular weight is 437 g/mol. The number of carbonyl (C=O) groups is 1. The molecule has 3 rings (SSSR count). The van der Waals surface area contributed by atoms with Gasteiger partial charge in [-0.15, -0.1) is 0 Å². The van der Waals surface area contributed by atoms with Gasteiger partial charge in [0.25, 0.3) is 0 Å². The Kier molecular flexibility index (Phi) is 6.94. The summed E-state index contributed by atoms with van der Waals surface area (Å²) in [6.07, 6.45) is 0.157. The number of sulfone groups is 1. The third-order valence-electron chi connectivity index (χ3n) is 4.30. The molecule has 3 aromatic rings. The van der Waals surface area contributed by atoms with Crippen LogP contribution in [0.2, 0.25) is 0 Å². The van der Waals surface area contributed by atoms with Crippen molar-refractivity contribution in [2.45, 2.75) is 24.3 Å². The second kappa shape index (κ2) is 9.43. The Balaban J connectivity index is 1.77. The molecule has 0 radical (unpaired) electrons. The van der Waals surface area contributed by atoms with Crippen LogP contribution >= 0.6 is 11.3 Å². The topological polar surface area (TPSA) is 77.7 Å². The highest BCUT2D eigenvalue weighted by atomic mass is 32.2. The fourth-order valence-corrected chi connectivity index (χ4v) is 5.30. The average Bonchev–Trinajstić information content (AvgIpc) is 3.05. The number of nitrogens with zero attached hydrogens (tertiary/aromatic N) is 2. The Labute approximate surface area is 172 Å². The molecule has 0 aliphatic heterocycles. The fraction of sp³-hybridized carbons (Fsp3) is 0.300. The molecule has 0 aliphatic carbocycles. The van der Waals surface area contributed by atoms with Crippen molar-refractivity contribution in [2.24, 2.45) is 4.99 Å². The number of ether oxygens (including phenoxy) is 1. The zero-order valence-electron chi connectivity index (χ0n) is 15.9. The fourth-order valence-electron chi connectivity index (χ4n) is 2.88. The number of aromatic nitrogens is 1. The van der Waals surface area contributed by atoms with Crippen molar-refractivity contribution in [1.82, 2.24) is 4.57 Å². The Bertz CT molecular complexity index is 1170. The Hall–Kier alpha value is -2.36. The van der Waals surface area contributed by atoms with Gasteiger partial charge in [-0.3, -0.25) is 4.79 Å². The van der Waals surface area contributed by atoms with E-state index in [1.165, 1.54) is 29.5 Å². The zero-order chi connectivity index (χ0) is 20.9. The van der Waals surface area contributed by atoms with Crippen LogP contribution in [-0.2, 0) is 25.9 Å². The van der Waals surface area contributed by atoms with Gasteiger partial charge in [0.15, 0.2) is 14.6 Å². The predicted octanol–water partition coefficient (Wildman–Crippen LogP) is 3.17. The molecule has 0 spiro atoms. The summed E-state index contributed by atoms with van der Waals surface area (Å²) in [5.41, 5.74) is 0.382. The normalized spacial score (nSPS) is 12.6. The molecule has 0 bridgehead atoms. The van der Waals surface area contributed by atoms with Crippen LogP contribution in [0.25, 0.3) is 10.2 Å². The maximum Gasteiger partial charge on any atom is 0.248 e. The third-order valence-corrected chi connectivity index (χ3v) is 7.16. The van der Waals surface area contributed by atoms with E-state index in [2.05, 4.69) is 4.99 Å². The molecule has 154 valence electrons. The van der Waals surface area contributed by atoms with Crippen LogP contribution in [0, 0.1) is 5.82 Å². The quantitative estimate of drug-likeness (QED) is 0.543. The Morgan fingerprint density at radius 3 is 2.66 bits per heavy atom. The summed E-state index contributed by atoms with van der Waals surface area (Å²) in [5, 5.41) is 0. The zero-order valence-corrected chi connectivity index (χ0v) is 17.5. The van der Waals surface area contributed by atoms with Crippen molar-refractivity contribution in [2.75, 3.05) is 19.5 Å². The minimum atomic E-state index is -3.44. The molecule has 0 N–H and O–H groups in total. The van der Waals surface area contributed by atoms with Crippen LogP contribution in [0.3, 0.4) is 0 Å². The van der Waals surface area contributed by atoms with Crippen molar-refractivity contribution in [3.05, 3.63) is 59.1 Å². The largest absolute Gasteiger partial charge is 0.383 e. The lowest BCUT2D eigenvalue weighted by atomic mass is 10.3. The monoisotopic (exact) mass is 436 g/mol. The van der Waals surface area contributed by atoms with Crippen LogP contribution in [0.1, 0.15) is 12.8 Å². The van der Waals surface area contributed by atoms with Crippen LogP contribution in [-0.4, -0.2) is 38.4 Å². The highest BCUT2D eigenvalue weighted by molar-refractivity contribution is 7.91. The molecule has 6 nitrogen and oxygen atoms in total. The summed E-state index contributed by atoms with van der Waals surface area (Å²) in [6, 6.07) is 12.9. The van der Waals surface area contributed by atoms with E-state index in [0.29, 0.717) is 28.2 Å². The molecule has 1 amide bonds. The Morgan fingerprint density at radius 2 is 1.93 bits per heavy atom. The minimum absolute atomic E-state index is 0.00688. The van der Waals surface area contributed by atoms with Gasteiger partial charge in [-0.25, -0.2) is 12.8 Å².